The van der Waals surface area contributed by atoms with Crippen molar-refractivity contribution in [3.05, 3.63) is 0 Å². The van der Waals surface area contributed by atoms with Gasteiger partial charge in [0.25, 0.3) is 0 Å². The molecule has 0 aromatic rings. The predicted octanol–water partition coefficient (Wildman–Crippen LogP) is 0.286. The predicted molar refractivity (Wildman–Crippen MR) is 56.0 cm³/mol. The molecular formula is C9H13NO3S. The highest BCUT2D eigenvalue weighted by atomic mass is 32.2. The molecule has 14 heavy (non-hydrogen) atoms. The lowest BCUT2D eigenvalue weighted by molar-refractivity contribution is -0.133. The number of carboxylic acid groups (broad SMARTS) is 1. The summed E-state index contributed by atoms with van der Waals surface area (Å²) < 4.78 is 0. The number of terminal acetylenes is 1. The Morgan fingerprint density at radius 3 is 2.57 bits per heavy atom. The molecular weight excluding hydrogens is 202 g/mol. The van der Waals surface area contributed by atoms with Gasteiger partial charge in [-0.2, -0.15) is 0 Å². The molecule has 0 aromatic carbocycles. The van der Waals surface area contributed by atoms with Crippen LogP contribution in [0.15, 0.2) is 0 Å². The largest absolute Gasteiger partial charge is 0.481 e. The normalized spacial score (nSPS) is 9.14. The second-order valence-electron chi connectivity index (χ2n) is 2.50. The van der Waals surface area contributed by atoms with Gasteiger partial charge in [-0.1, -0.05) is 5.92 Å². The summed E-state index contributed by atoms with van der Waals surface area (Å²) in [6.45, 7) is 2.66. The zero-order chi connectivity index (χ0) is 11.0. The number of amides is 1. The molecule has 0 aliphatic carbocycles. The Morgan fingerprint density at radius 2 is 2.14 bits per heavy atom. The summed E-state index contributed by atoms with van der Waals surface area (Å²) in [5, 5.41) is 8.35. The standard InChI is InChI=1S/C9H13NO3S/c1-3-5-10(4-2)8(11)6-14-7-9(12)13/h1H,4-7H2,2H3,(H,12,13). The van der Waals surface area contributed by atoms with E-state index in [0.29, 0.717) is 6.54 Å². The van der Waals surface area contributed by atoms with Crippen molar-refractivity contribution in [1.29, 1.82) is 0 Å². The third-order valence-electron chi connectivity index (χ3n) is 1.47. The van der Waals surface area contributed by atoms with Crippen LogP contribution in [0, 0.1) is 12.3 Å². The van der Waals surface area contributed by atoms with Gasteiger partial charge in [-0.05, 0) is 6.92 Å². The van der Waals surface area contributed by atoms with E-state index in [9.17, 15) is 9.59 Å². The molecule has 1 amide bonds. The maximum absolute atomic E-state index is 11.4. The van der Waals surface area contributed by atoms with Gasteiger partial charge in [0.2, 0.25) is 5.91 Å². The number of aliphatic carboxylic acids is 1. The maximum atomic E-state index is 11.4. The average molecular weight is 215 g/mol. The number of hydrogen-bond acceptors (Lipinski definition) is 3. The molecule has 0 aliphatic rings. The molecule has 0 aromatic heterocycles. The van der Waals surface area contributed by atoms with Crippen molar-refractivity contribution in [2.24, 2.45) is 0 Å². The lowest BCUT2D eigenvalue weighted by Gasteiger charge is -2.17. The second-order valence-corrected chi connectivity index (χ2v) is 3.48. The van der Waals surface area contributed by atoms with E-state index in [4.69, 9.17) is 11.5 Å². The molecule has 0 heterocycles. The molecule has 0 unspecified atom stereocenters. The van der Waals surface area contributed by atoms with Crippen LogP contribution in [0.4, 0.5) is 0 Å². The lowest BCUT2D eigenvalue weighted by Crippen LogP contribution is -2.32. The van der Waals surface area contributed by atoms with Gasteiger partial charge in [-0.15, -0.1) is 18.2 Å². The van der Waals surface area contributed by atoms with Crippen molar-refractivity contribution in [3.8, 4) is 12.3 Å². The summed E-state index contributed by atoms with van der Waals surface area (Å²) in [7, 11) is 0. The molecule has 0 atom stereocenters. The molecule has 0 fully saturated rings. The van der Waals surface area contributed by atoms with Crippen LogP contribution in [0.5, 0.6) is 0 Å². The molecule has 0 spiro atoms. The van der Waals surface area contributed by atoms with Crippen LogP contribution < -0.4 is 0 Å². The zero-order valence-electron chi connectivity index (χ0n) is 8.02. The molecule has 0 saturated heterocycles. The molecule has 4 nitrogen and oxygen atoms in total. The Morgan fingerprint density at radius 1 is 1.50 bits per heavy atom. The summed E-state index contributed by atoms with van der Waals surface area (Å²) >= 11 is 1.08. The summed E-state index contributed by atoms with van der Waals surface area (Å²) in [6, 6.07) is 0. The van der Waals surface area contributed by atoms with Crippen molar-refractivity contribution in [2.75, 3.05) is 24.6 Å². The lowest BCUT2D eigenvalue weighted by atomic mass is 10.5. The maximum Gasteiger partial charge on any atom is 0.313 e. The van der Waals surface area contributed by atoms with E-state index in [0.717, 1.165) is 11.8 Å². The second kappa shape index (κ2) is 7.27. The van der Waals surface area contributed by atoms with Crippen molar-refractivity contribution in [2.45, 2.75) is 6.92 Å². The highest BCUT2D eigenvalue weighted by Gasteiger charge is 2.10. The smallest absolute Gasteiger partial charge is 0.313 e. The van der Waals surface area contributed by atoms with Crippen LogP contribution in [0.1, 0.15) is 6.92 Å². The van der Waals surface area contributed by atoms with Crippen LogP contribution in [0.25, 0.3) is 0 Å². The van der Waals surface area contributed by atoms with Crippen LogP contribution in [-0.2, 0) is 9.59 Å². The van der Waals surface area contributed by atoms with E-state index in [1.54, 1.807) is 0 Å². The van der Waals surface area contributed by atoms with E-state index in [1.165, 1.54) is 4.90 Å². The minimum absolute atomic E-state index is 0.0562. The van der Waals surface area contributed by atoms with Crippen LogP contribution in [0.3, 0.4) is 0 Å². The Labute approximate surface area is 87.7 Å². The average Bonchev–Trinajstić information content (AvgIpc) is 2.13. The number of hydrogen-bond donors (Lipinski definition) is 1. The SMILES string of the molecule is C#CCN(CC)C(=O)CSCC(=O)O. The molecule has 0 rings (SSSR count). The number of rotatable bonds is 6. The van der Waals surface area contributed by atoms with Crippen LogP contribution >= 0.6 is 11.8 Å². The molecule has 1 N–H and O–H groups in total. The summed E-state index contributed by atoms with van der Waals surface area (Å²) in [6.07, 6.45) is 5.07. The van der Waals surface area contributed by atoms with Crippen LogP contribution in [0.2, 0.25) is 0 Å². The fraction of sp³-hybridized carbons (Fsp3) is 0.556. The van der Waals surface area contributed by atoms with Gasteiger partial charge in [-0.25, -0.2) is 0 Å². The minimum atomic E-state index is -0.914. The Balaban J connectivity index is 3.82. The summed E-state index contributed by atoms with van der Waals surface area (Å²) in [5.41, 5.74) is 0. The van der Waals surface area contributed by atoms with E-state index in [-0.39, 0.29) is 24.0 Å². The zero-order valence-corrected chi connectivity index (χ0v) is 8.84. The fourth-order valence-corrected chi connectivity index (χ4v) is 1.44. The van der Waals surface area contributed by atoms with Gasteiger partial charge >= 0.3 is 5.97 Å². The van der Waals surface area contributed by atoms with Gasteiger partial charge < -0.3 is 10.0 Å². The summed E-state index contributed by atoms with van der Waals surface area (Å²) in [5.74, 6) is 1.46. The number of thioether (sulfide) groups is 1. The van der Waals surface area contributed by atoms with Crippen molar-refractivity contribution >= 4 is 23.6 Å². The van der Waals surface area contributed by atoms with Gasteiger partial charge in [0, 0.05) is 6.54 Å². The first kappa shape index (κ1) is 12.8. The van der Waals surface area contributed by atoms with Crippen molar-refractivity contribution < 1.29 is 14.7 Å². The van der Waals surface area contributed by atoms with Crippen LogP contribution in [-0.4, -0.2) is 46.5 Å². The highest BCUT2D eigenvalue weighted by molar-refractivity contribution is 8.00. The fourth-order valence-electron chi connectivity index (χ4n) is 0.803. The molecule has 78 valence electrons. The quantitative estimate of drug-likeness (QED) is 0.647. The van der Waals surface area contributed by atoms with Gasteiger partial charge in [0.1, 0.15) is 0 Å². The van der Waals surface area contributed by atoms with Gasteiger partial charge in [0.15, 0.2) is 0 Å². The highest BCUT2D eigenvalue weighted by Crippen LogP contribution is 2.02. The monoisotopic (exact) mass is 215 g/mol. The summed E-state index contributed by atoms with van der Waals surface area (Å²) in [4.78, 5) is 23.0. The molecule has 0 radical (unpaired) electrons. The van der Waals surface area contributed by atoms with Gasteiger partial charge in [0.05, 0.1) is 18.1 Å². The molecule has 0 saturated carbocycles. The number of carbonyl (C=O) groups is 2. The number of carbonyl (C=O) groups excluding carboxylic acids is 1. The first-order chi connectivity index (χ1) is 6.61. The Hall–Kier alpha value is -1.15. The van der Waals surface area contributed by atoms with E-state index in [2.05, 4.69) is 5.92 Å². The first-order valence-electron chi connectivity index (χ1n) is 4.12. The minimum Gasteiger partial charge on any atom is -0.481 e. The van der Waals surface area contributed by atoms with Gasteiger partial charge in [-0.3, -0.25) is 9.59 Å². The molecule has 0 bridgehead atoms. The molecule has 0 aliphatic heterocycles. The topological polar surface area (TPSA) is 57.6 Å². The Bertz CT molecular complexity index is 247. The van der Waals surface area contributed by atoms with Crippen molar-refractivity contribution in [3.63, 3.8) is 0 Å². The van der Waals surface area contributed by atoms with E-state index in [1.807, 2.05) is 6.92 Å². The third kappa shape index (κ3) is 5.49. The third-order valence-corrected chi connectivity index (χ3v) is 2.37. The molecule has 5 heteroatoms. The Kier molecular flexibility index (Phi) is 6.68. The number of carboxylic acids is 1. The van der Waals surface area contributed by atoms with Crippen molar-refractivity contribution in [1.82, 2.24) is 4.90 Å². The number of nitrogens with zero attached hydrogens (tertiary/aromatic N) is 1. The van der Waals surface area contributed by atoms with E-state index < -0.39 is 5.97 Å². The van der Waals surface area contributed by atoms with E-state index >= 15 is 0 Å². The first-order valence-corrected chi connectivity index (χ1v) is 5.28.